The molecule has 2 fully saturated rings. The molecule has 148 valence electrons. The zero-order valence-electron chi connectivity index (χ0n) is 17.4. The van der Waals surface area contributed by atoms with Gasteiger partial charge in [-0.15, -0.1) is 0 Å². The minimum atomic E-state index is 0.349. The van der Waals surface area contributed by atoms with Crippen LogP contribution in [0, 0.1) is 5.41 Å². The molecule has 3 atom stereocenters. The molecule has 0 amide bonds. The number of anilines is 2. The Kier molecular flexibility index (Phi) is 4.20. The van der Waals surface area contributed by atoms with E-state index >= 15 is 0 Å². The Hall–Kier alpha value is -2.00. The van der Waals surface area contributed by atoms with Gasteiger partial charge >= 0.3 is 0 Å². The van der Waals surface area contributed by atoms with Crippen LogP contribution >= 0.6 is 0 Å². The Morgan fingerprint density at radius 2 is 1.86 bits per heavy atom. The number of hydrogen-bond acceptors (Lipinski definition) is 3. The number of methoxy groups -OCH3 is 1. The molecule has 1 N–H and O–H groups in total. The van der Waals surface area contributed by atoms with E-state index < -0.39 is 0 Å². The van der Waals surface area contributed by atoms with Gasteiger partial charge in [0.05, 0.1) is 7.11 Å². The summed E-state index contributed by atoms with van der Waals surface area (Å²) in [6.45, 7) is 3.82. The van der Waals surface area contributed by atoms with Gasteiger partial charge in [-0.05, 0) is 80.1 Å². The minimum absolute atomic E-state index is 0.349. The monoisotopic (exact) mass is 376 g/mol. The third-order valence-corrected chi connectivity index (χ3v) is 8.20. The van der Waals surface area contributed by atoms with Gasteiger partial charge in [0.25, 0.3) is 0 Å². The summed E-state index contributed by atoms with van der Waals surface area (Å²) in [5.41, 5.74) is 6.24. The fourth-order valence-electron chi connectivity index (χ4n) is 6.66. The molecule has 0 aromatic heterocycles. The Balaban J connectivity index is 1.56. The van der Waals surface area contributed by atoms with E-state index in [1.54, 1.807) is 18.2 Å². The molecule has 2 aromatic rings. The summed E-state index contributed by atoms with van der Waals surface area (Å²) in [6, 6.07) is 16.0. The van der Waals surface area contributed by atoms with Crippen LogP contribution in [0.1, 0.15) is 50.2 Å². The molecule has 3 aliphatic rings. The number of likely N-dealkylation sites (N-methyl/N-ethyl adjacent to an activating group) is 1. The molecule has 3 nitrogen and oxygen atoms in total. The van der Waals surface area contributed by atoms with Gasteiger partial charge in [0, 0.05) is 28.9 Å². The van der Waals surface area contributed by atoms with Crippen molar-refractivity contribution in [1.82, 2.24) is 4.90 Å². The molecule has 0 radical (unpaired) electrons. The quantitative estimate of drug-likeness (QED) is 0.764. The third-order valence-electron chi connectivity index (χ3n) is 8.20. The summed E-state index contributed by atoms with van der Waals surface area (Å²) in [7, 11) is 4.07. The number of piperidine rings is 1. The summed E-state index contributed by atoms with van der Waals surface area (Å²) in [4.78, 5) is 2.65. The molecule has 5 rings (SSSR count). The van der Waals surface area contributed by atoms with Gasteiger partial charge in [-0.3, -0.25) is 0 Å². The van der Waals surface area contributed by atoms with E-state index in [2.05, 4.69) is 54.5 Å². The molecule has 28 heavy (non-hydrogen) atoms. The number of benzene rings is 2. The Bertz CT molecular complexity index is 894. The number of fused-ring (bicyclic) bond motifs is 1. The molecule has 2 bridgehead atoms. The molecule has 1 heterocycles. The fourth-order valence-corrected chi connectivity index (χ4v) is 6.66. The summed E-state index contributed by atoms with van der Waals surface area (Å²) in [6.07, 6.45) is 7.98. The Labute approximate surface area is 169 Å². The average Bonchev–Trinajstić information content (AvgIpc) is 2.71. The number of nitrogens with zero attached hydrogens (tertiary/aromatic N) is 1. The third kappa shape index (κ3) is 2.52. The topological polar surface area (TPSA) is 24.5 Å². The summed E-state index contributed by atoms with van der Waals surface area (Å²) >= 11 is 0. The molecule has 1 aliphatic heterocycles. The summed E-state index contributed by atoms with van der Waals surface area (Å²) < 4.78 is 5.39. The van der Waals surface area contributed by atoms with Crippen molar-refractivity contribution < 1.29 is 4.74 Å². The number of likely N-dealkylation sites (tertiary alicyclic amines) is 1. The molecule has 3 heteroatoms. The van der Waals surface area contributed by atoms with Gasteiger partial charge in [0.2, 0.25) is 0 Å². The van der Waals surface area contributed by atoms with E-state index in [9.17, 15) is 0 Å². The van der Waals surface area contributed by atoms with Crippen LogP contribution in [0.5, 0.6) is 5.75 Å². The lowest BCUT2D eigenvalue weighted by Gasteiger charge is -2.65. The molecule has 1 saturated heterocycles. The van der Waals surface area contributed by atoms with Crippen LogP contribution in [0.25, 0.3) is 0 Å². The predicted molar refractivity (Wildman–Crippen MR) is 116 cm³/mol. The normalized spacial score (nSPS) is 31.6. The van der Waals surface area contributed by atoms with Gasteiger partial charge in [-0.1, -0.05) is 31.9 Å². The lowest BCUT2D eigenvalue weighted by atomic mass is 9.45. The highest BCUT2D eigenvalue weighted by Crippen LogP contribution is 2.62. The molecule has 1 saturated carbocycles. The SMILES string of the molecule is COc1cccc(Nc2ccc3c(c2)[C@@]24CCCCC2(C)[C@@H](C3)N(C)CC4)c1. The molecule has 1 unspecified atom stereocenters. The van der Waals surface area contributed by atoms with Crippen LogP contribution in [-0.2, 0) is 11.8 Å². The van der Waals surface area contributed by atoms with Crippen molar-refractivity contribution in [1.29, 1.82) is 0 Å². The first-order valence-corrected chi connectivity index (χ1v) is 10.8. The molecular weight excluding hydrogens is 344 g/mol. The van der Waals surface area contributed by atoms with Gasteiger partial charge in [-0.25, -0.2) is 0 Å². The van der Waals surface area contributed by atoms with E-state index in [0.29, 0.717) is 16.9 Å². The maximum absolute atomic E-state index is 5.39. The first-order chi connectivity index (χ1) is 13.6. The highest BCUT2D eigenvalue weighted by molar-refractivity contribution is 5.64. The highest BCUT2D eigenvalue weighted by Gasteiger charge is 2.60. The fraction of sp³-hybridized carbons (Fsp3) is 0.520. The average molecular weight is 377 g/mol. The summed E-state index contributed by atoms with van der Waals surface area (Å²) in [5.74, 6) is 0.888. The second-order valence-corrected chi connectivity index (χ2v) is 9.39. The largest absolute Gasteiger partial charge is 0.497 e. The number of ether oxygens (including phenoxy) is 1. The van der Waals surface area contributed by atoms with E-state index in [0.717, 1.165) is 11.4 Å². The molecular formula is C25H32N2O. The minimum Gasteiger partial charge on any atom is -0.497 e. The van der Waals surface area contributed by atoms with Crippen molar-refractivity contribution in [3.05, 3.63) is 53.6 Å². The predicted octanol–water partition coefficient (Wildman–Crippen LogP) is 5.52. The smallest absolute Gasteiger partial charge is 0.120 e. The standard InChI is InChI=1S/C25H32N2O/c1-24-11-4-5-12-25(24)13-14-27(2)23(24)15-18-9-10-20(17-22(18)25)26-19-7-6-8-21(16-19)28-3/h6-10,16-17,23,26H,4-5,11-15H2,1-3H3/t23-,24?,25+/m1/s1. The van der Waals surface area contributed by atoms with E-state index in [1.165, 1.54) is 50.8 Å². The Morgan fingerprint density at radius 1 is 1.04 bits per heavy atom. The number of hydrogen-bond donors (Lipinski definition) is 1. The maximum atomic E-state index is 5.39. The van der Waals surface area contributed by atoms with Crippen LogP contribution in [0.4, 0.5) is 11.4 Å². The van der Waals surface area contributed by atoms with Gasteiger partial charge in [0.15, 0.2) is 0 Å². The number of nitrogens with one attached hydrogen (secondary N) is 1. The second kappa shape index (κ2) is 6.52. The van der Waals surface area contributed by atoms with Crippen LogP contribution in [0.3, 0.4) is 0 Å². The molecule has 2 aliphatic carbocycles. The lowest BCUT2D eigenvalue weighted by molar-refractivity contribution is -0.0734. The van der Waals surface area contributed by atoms with Crippen molar-refractivity contribution in [2.24, 2.45) is 5.41 Å². The van der Waals surface area contributed by atoms with Crippen LogP contribution < -0.4 is 10.1 Å². The number of rotatable bonds is 3. The van der Waals surface area contributed by atoms with Crippen molar-refractivity contribution >= 4 is 11.4 Å². The first-order valence-electron chi connectivity index (χ1n) is 10.8. The van der Waals surface area contributed by atoms with Crippen LogP contribution in [0.15, 0.2) is 42.5 Å². The maximum Gasteiger partial charge on any atom is 0.120 e. The lowest BCUT2D eigenvalue weighted by Crippen LogP contribution is -2.66. The van der Waals surface area contributed by atoms with Gasteiger partial charge in [-0.2, -0.15) is 0 Å². The van der Waals surface area contributed by atoms with Crippen LogP contribution in [-0.4, -0.2) is 31.6 Å². The van der Waals surface area contributed by atoms with Crippen molar-refractivity contribution in [3.8, 4) is 5.75 Å². The zero-order chi connectivity index (χ0) is 19.4. The van der Waals surface area contributed by atoms with Crippen molar-refractivity contribution in [2.75, 3.05) is 26.0 Å². The highest BCUT2D eigenvalue weighted by atomic mass is 16.5. The van der Waals surface area contributed by atoms with E-state index in [-0.39, 0.29) is 0 Å². The summed E-state index contributed by atoms with van der Waals surface area (Å²) in [5, 5.41) is 3.63. The van der Waals surface area contributed by atoms with Crippen molar-refractivity contribution in [3.63, 3.8) is 0 Å². The Morgan fingerprint density at radius 3 is 2.71 bits per heavy atom. The van der Waals surface area contributed by atoms with E-state index in [1.807, 2.05) is 12.1 Å². The second-order valence-electron chi connectivity index (χ2n) is 9.39. The van der Waals surface area contributed by atoms with E-state index in [4.69, 9.17) is 4.74 Å². The van der Waals surface area contributed by atoms with Crippen molar-refractivity contribution in [2.45, 2.75) is 56.9 Å². The van der Waals surface area contributed by atoms with Gasteiger partial charge < -0.3 is 15.0 Å². The first kappa shape index (κ1) is 18.1. The van der Waals surface area contributed by atoms with Gasteiger partial charge in [0.1, 0.15) is 5.75 Å². The molecule has 0 spiro atoms. The zero-order valence-corrected chi connectivity index (χ0v) is 17.4. The molecule has 2 aromatic carbocycles. The van der Waals surface area contributed by atoms with Crippen LogP contribution in [0.2, 0.25) is 0 Å².